The lowest BCUT2D eigenvalue weighted by molar-refractivity contribution is 0.186. The molecule has 0 aliphatic heterocycles. The van der Waals surface area contributed by atoms with Crippen LogP contribution in [0.1, 0.15) is 0 Å². The third-order valence-corrected chi connectivity index (χ3v) is 0.1000. The van der Waals surface area contributed by atoms with E-state index in [2.05, 4.69) is 263 Å². The Morgan fingerprint density at radius 3 is 0.159 bits per heavy atom. The van der Waals surface area contributed by atoms with Gasteiger partial charge in [0.2, 0.25) is 0 Å². The van der Waals surface area contributed by atoms with Crippen molar-refractivity contribution in [2.75, 3.05) is 13.2 Å². The molecule has 0 radical (unpaired) electrons. The summed E-state index contributed by atoms with van der Waals surface area (Å²) in [4.78, 5) is 0. The normalized spacial score (nSPS) is 2.50. The Labute approximate surface area is 286 Å². The molecule has 0 atom stereocenters. The van der Waals surface area contributed by atoms with Gasteiger partial charge in [-0.2, -0.15) is 0 Å². The van der Waals surface area contributed by atoms with Crippen LogP contribution in [-0.4, -0.2) is 23.4 Å². The molecule has 0 saturated heterocycles. The molecule has 0 aliphatic carbocycles. The van der Waals surface area contributed by atoms with Crippen LogP contribution in [0.3, 0.4) is 0 Å². The van der Waals surface area contributed by atoms with Crippen molar-refractivity contribution in [3.8, 4) is 0 Å². The van der Waals surface area contributed by atoms with Crippen molar-refractivity contribution in [3.05, 3.63) is 263 Å². The van der Waals surface area contributed by atoms with Gasteiger partial charge in [0.25, 0.3) is 0 Å². The van der Waals surface area contributed by atoms with Crippen LogP contribution in [0.4, 0.5) is 0 Å². The Kier molecular flexibility index (Phi) is 18900. The second-order valence-corrected chi connectivity index (χ2v) is 0.447. The van der Waals surface area contributed by atoms with Crippen LogP contribution in [0, 0.1) is 0 Å². The number of hydrogen-bond donors (Lipinski definition) is 2. The molecule has 2 N–H and O–H groups in total. The molecule has 0 rings (SSSR count). The highest BCUT2D eigenvalue weighted by molar-refractivity contribution is 4.26. The van der Waals surface area contributed by atoms with E-state index in [0.717, 1.165) is 0 Å². The Morgan fingerprint density at radius 1 is 0.136 bits per heavy atom. The maximum atomic E-state index is 7.62. The SMILES string of the molecule is C=C.C=C.C=C.C=C.C=C.C=C.C=C.C=C.C=C.C=C.C=C.C=C.C=C.C=C.C=C.C=C.C=C.C=C.C=C.C=C.OCCO. The summed E-state index contributed by atoms with van der Waals surface area (Å²) in [5, 5.41) is 15.2. The second-order valence-electron chi connectivity index (χ2n) is 0.447. The molecule has 2 heteroatoms. The lowest BCUT2D eigenvalue weighted by Crippen LogP contribution is -1.85. The first kappa shape index (κ1) is 175. The van der Waals surface area contributed by atoms with E-state index in [1.165, 1.54) is 0 Å². The van der Waals surface area contributed by atoms with Crippen LogP contribution in [-0.2, 0) is 0 Å². The molecule has 266 valence electrons. The van der Waals surface area contributed by atoms with Crippen LogP contribution >= 0.6 is 0 Å². The van der Waals surface area contributed by atoms with Crippen LogP contribution in [0.15, 0.2) is 263 Å². The third kappa shape index (κ3) is 2560. The predicted octanol–water partition coefficient (Wildman–Crippen LogP) is 15.0. The summed E-state index contributed by atoms with van der Waals surface area (Å²) in [5.74, 6) is 0. The first-order valence-electron chi connectivity index (χ1n) is 11.1. The van der Waals surface area contributed by atoms with Crippen LogP contribution in [0.25, 0.3) is 0 Å². The van der Waals surface area contributed by atoms with Crippen molar-refractivity contribution in [1.82, 2.24) is 0 Å². The van der Waals surface area contributed by atoms with Crippen LogP contribution in [0.5, 0.6) is 0 Å². The Hall–Kier alpha value is -5.28. The fraction of sp³-hybridized carbons (Fsp3) is 0.0476. The zero-order valence-electron chi connectivity index (χ0n) is 30.6. The highest BCUT2D eigenvalue weighted by Crippen LogP contribution is 1.39. The van der Waals surface area contributed by atoms with E-state index in [9.17, 15) is 0 Å². The fourth-order valence-electron chi connectivity index (χ4n) is 0. The summed E-state index contributed by atoms with van der Waals surface area (Å²) in [5.41, 5.74) is 0. The topological polar surface area (TPSA) is 40.5 Å². The predicted molar refractivity (Wildman–Crippen MR) is 239 cm³/mol. The highest BCUT2D eigenvalue weighted by Gasteiger charge is 1.58. The van der Waals surface area contributed by atoms with Crippen molar-refractivity contribution in [2.45, 2.75) is 0 Å². The van der Waals surface area contributed by atoms with E-state index in [4.69, 9.17) is 10.2 Å². The van der Waals surface area contributed by atoms with Crippen molar-refractivity contribution in [1.29, 1.82) is 0 Å². The Morgan fingerprint density at radius 2 is 0.159 bits per heavy atom. The molecule has 0 aromatic carbocycles. The van der Waals surface area contributed by atoms with E-state index in [-0.39, 0.29) is 13.2 Å². The molecular formula is C42H86O2. The molecule has 2 nitrogen and oxygen atoms in total. The van der Waals surface area contributed by atoms with E-state index < -0.39 is 0 Å². The van der Waals surface area contributed by atoms with Gasteiger partial charge < -0.3 is 10.2 Å². The molecule has 0 fully saturated rings. The second kappa shape index (κ2) is 4730. The number of rotatable bonds is 1. The van der Waals surface area contributed by atoms with Crippen molar-refractivity contribution in [3.63, 3.8) is 0 Å². The molecule has 0 aliphatic rings. The third-order valence-electron chi connectivity index (χ3n) is 0.1000. The van der Waals surface area contributed by atoms with E-state index in [0.29, 0.717) is 0 Å². The van der Waals surface area contributed by atoms with Gasteiger partial charge in [0.05, 0.1) is 13.2 Å². The van der Waals surface area contributed by atoms with Crippen molar-refractivity contribution < 1.29 is 10.2 Å². The minimum absolute atomic E-state index is 0.125. The van der Waals surface area contributed by atoms with Gasteiger partial charge in [0.1, 0.15) is 0 Å². The maximum Gasteiger partial charge on any atom is 0.0662 e. The number of aliphatic hydroxyl groups excluding tert-OH is 2. The van der Waals surface area contributed by atoms with Gasteiger partial charge in [-0.3, -0.25) is 0 Å². The molecule has 0 aromatic rings. The van der Waals surface area contributed by atoms with Gasteiger partial charge in [-0.05, 0) is 0 Å². The zero-order valence-corrected chi connectivity index (χ0v) is 30.6. The largest absolute Gasteiger partial charge is 0.394 e. The standard InChI is InChI=1S/C2H6O2.20C2H4/c3-1-2-4;20*1-2/h3-4H,1-2H2;20*1-2H2. The lowest BCUT2D eigenvalue weighted by atomic mass is 10.8. The number of aliphatic hydroxyl groups is 2. The average molecular weight is 623 g/mol. The highest BCUT2D eigenvalue weighted by atomic mass is 16.3. The first-order chi connectivity index (χ1) is 21.9. The first-order valence-corrected chi connectivity index (χ1v) is 11.1. The molecule has 0 heterocycles. The molecular weight excluding hydrogens is 536 g/mol. The summed E-state index contributed by atoms with van der Waals surface area (Å²) in [6.07, 6.45) is 0. The summed E-state index contributed by atoms with van der Waals surface area (Å²) in [6.45, 7) is 120. The summed E-state index contributed by atoms with van der Waals surface area (Å²) < 4.78 is 0. The molecule has 0 spiro atoms. The van der Waals surface area contributed by atoms with Gasteiger partial charge in [0, 0.05) is 0 Å². The zero-order chi connectivity index (χ0) is 43.4. The monoisotopic (exact) mass is 623 g/mol. The van der Waals surface area contributed by atoms with Crippen molar-refractivity contribution in [2.24, 2.45) is 0 Å². The Balaban J connectivity index is -0.00000000667. The average Bonchev–Trinajstić information content (AvgIpc) is 3.26. The number of hydrogen-bond acceptors (Lipinski definition) is 2. The van der Waals surface area contributed by atoms with E-state index >= 15 is 0 Å². The lowest BCUT2D eigenvalue weighted by Gasteiger charge is -1.70. The van der Waals surface area contributed by atoms with Crippen molar-refractivity contribution >= 4 is 0 Å². The van der Waals surface area contributed by atoms with Gasteiger partial charge in [-0.1, -0.05) is 0 Å². The maximum absolute atomic E-state index is 7.62. The summed E-state index contributed by atoms with van der Waals surface area (Å²) in [7, 11) is 0. The van der Waals surface area contributed by atoms with Gasteiger partial charge >= 0.3 is 0 Å². The quantitative estimate of drug-likeness (QED) is 0.286. The van der Waals surface area contributed by atoms with Crippen LogP contribution in [0.2, 0.25) is 0 Å². The van der Waals surface area contributed by atoms with Gasteiger partial charge in [-0.25, -0.2) is 0 Å². The van der Waals surface area contributed by atoms with E-state index in [1.54, 1.807) is 0 Å². The summed E-state index contributed by atoms with van der Waals surface area (Å²) >= 11 is 0. The minimum Gasteiger partial charge on any atom is -0.394 e. The van der Waals surface area contributed by atoms with Crippen LogP contribution < -0.4 is 0 Å². The van der Waals surface area contributed by atoms with Gasteiger partial charge in [-0.15, -0.1) is 263 Å². The van der Waals surface area contributed by atoms with E-state index in [1.807, 2.05) is 0 Å². The molecule has 0 amide bonds. The minimum atomic E-state index is -0.125. The molecule has 44 heavy (non-hydrogen) atoms. The molecule has 0 bridgehead atoms. The molecule has 0 unspecified atom stereocenters. The molecule has 0 aromatic heterocycles. The summed E-state index contributed by atoms with van der Waals surface area (Å²) in [6, 6.07) is 0. The fourth-order valence-corrected chi connectivity index (χ4v) is 0. The molecule has 0 saturated carbocycles. The van der Waals surface area contributed by atoms with Gasteiger partial charge in [0.15, 0.2) is 0 Å². The smallest absolute Gasteiger partial charge is 0.0662 e. The Bertz CT molecular complexity index is 120.